The Kier molecular flexibility index (Phi) is 4.64. The first-order valence-electron chi connectivity index (χ1n) is 6.97. The molecule has 6 heteroatoms. The van der Waals surface area contributed by atoms with Gasteiger partial charge >= 0.3 is 0 Å². The summed E-state index contributed by atoms with van der Waals surface area (Å²) in [6.07, 6.45) is 2.99. The third kappa shape index (κ3) is 3.44. The first-order chi connectivity index (χ1) is 8.49. The molecule has 0 saturated carbocycles. The lowest BCUT2D eigenvalue weighted by Gasteiger charge is -2.34. The van der Waals surface area contributed by atoms with Crippen LogP contribution in [0.4, 0.5) is 0 Å². The zero-order chi connectivity index (χ0) is 13.2. The van der Waals surface area contributed by atoms with Gasteiger partial charge in [0, 0.05) is 19.1 Å². The normalized spacial score (nSPS) is 35.6. The predicted molar refractivity (Wildman–Crippen MR) is 72.5 cm³/mol. The van der Waals surface area contributed by atoms with Crippen molar-refractivity contribution < 1.29 is 8.42 Å². The lowest BCUT2D eigenvalue weighted by atomic mass is 9.97. The van der Waals surface area contributed by atoms with Gasteiger partial charge in [-0.05, 0) is 44.2 Å². The van der Waals surface area contributed by atoms with Crippen molar-refractivity contribution in [3.05, 3.63) is 0 Å². The van der Waals surface area contributed by atoms with E-state index >= 15 is 0 Å². The Morgan fingerprint density at radius 2 is 2.06 bits per heavy atom. The van der Waals surface area contributed by atoms with E-state index in [9.17, 15) is 8.42 Å². The van der Waals surface area contributed by atoms with E-state index in [1.165, 1.54) is 0 Å². The summed E-state index contributed by atoms with van der Waals surface area (Å²) in [5.74, 6) is 0.830. The standard InChI is InChI=1S/C12H25N3O2S/c1-10-4-3-7-15(9-10)18(16,17)14-12-5-6-13-8-11(12)2/h10-14H,3-9H2,1-2H3/t10-,11-,12+/m1/s1. The highest BCUT2D eigenvalue weighted by Gasteiger charge is 2.31. The number of rotatable bonds is 3. The minimum absolute atomic E-state index is 0.0773. The molecule has 3 atom stereocenters. The Morgan fingerprint density at radius 3 is 2.72 bits per heavy atom. The molecule has 2 heterocycles. The van der Waals surface area contributed by atoms with Gasteiger partial charge in [-0.1, -0.05) is 13.8 Å². The third-order valence-electron chi connectivity index (χ3n) is 4.05. The van der Waals surface area contributed by atoms with Crippen LogP contribution in [0.5, 0.6) is 0 Å². The van der Waals surface area contributed by atoms with Crippen molar-refractivity contribution in [2.24, 2.45) is 11.8 Å². The Morgan fingerprint density at radius 1 is 1.28 bits per heavy atom. The lowest BCUT2D eigenvalue weighted by Crippen LogP contribution is -2.53. The van der Waals surface area contributed by atoms with Crippen LogP contribution in [0.15, 0.2) is 0 Å². The summed E-state index contributed by atoms with van der Waals surface area (Å²) in [5, 5.41) is 3.29. The number of nitrogens with zero attached hydrogens (tertiary/aromatic N) is 1. The second kappa shape index (κ2) is 5.86. The van der Waals surface area contributed by atoms with Crippen molar-refractivity contribution in [1.29, 1.82) is 0 Å². The highest BCUT2D eigenvalue weighted by Crippen LogP contribution is 2.19. The van der Waals surface area contributed by atoms with Crippen LogP contribution in [0.25, 0.3) is 0 Å². The molecular weight excluding hydrogens is 250 g/mol. The second-order valence-corrected chi connectivity index (χ2v) is 7.51. The smallest absolute Gasteiger partial charge is 0.279 e. The van der Waals surface area contributed by atoms with Crippen LogP contribution in [0, 0.1) is 11.8 Å². The van der Waals surface area contributed by atoms with Gasteiger partial charge in [-0.3, -0.25) is 0 Å². The number of nitrogens with one attached hydrogen (secondary N) is 2. The molecule has 0 bridgehead atoms. The molecule has 2 fully saturated rings. The van der Waals surface area contributed by atoms with Crippen molar-refractivity contribution in [2.75, 3.05) is 26.2 Å². The van der Waals surface area contributed by atoms with E-state index in [2.05, 4.69) is 23.9 Å². The maximum absolute atomic E-state index is 12.3. The van der Waals surface area contributed by atoms with E-state index in [4.69, 9.17) is 0 Å². The molecule has 5 nitrogen and oxygen atoms in total. The Labute approximate surface area is 110 Å². The molecule has 0 unspecified atom stereocenters. The quantitative estimate of drug-likeness (QED) is 0.791. The molecule has 2 N–H and O–H groups in total. The van der Waals surface area contributed by atoms with Gasteiger partial charge in [0.2, 0.25) is 0 Å². The molecule has 106 valence electrons. The van der Waals surface area contributed by atoms with Crippen molar-refractivity contribution in [3.63, 3.8) is 0 Å². The number of hydrogen-bond donors (Lipinski definition) is 2. The van der Waals surface area contributed by atoms with E-state index in [1.807, 2.05) is 0 Å². The van der Waals surface area contributed by atoms with Gasteiger partial charge in [0.15, 0.2) is 0 Å². The van der Waals surface area contributed by atoms with Gasteiger partial charge in [-0.25, -0.2) is 0 Å². The van der Waals surface area contributed by atoms with Crippen molar-refractivity contribution >= 4 is 10.2 Å². The lowest BCUT2D eigenvalue weighted by molar-refractivity contribution is 0.267. The summed E-state index contributed by atoms with van der Waals surface area (Å²) in [4.78, 5) is 0. The second-order valence-electron chi connectivity index (χ2n) is 5.80. The van der Waals surface area contributed by atoms with Crippen LogP contribution in [-0.2, 0) is 10.2 Å². The van der Waals surface area contributed by atoms with E-state index in [-0.39, 0.29) is 6.04 Å². The third-order valence-corrected chi connectivity index (χ3v) is 5.66. The molecule has 0 aromatic rings. The summed E-state index contributed by atoms with van der Waals surface area (Å²) >= 11 is 0. The van der Waals surface area contributed by atoms with Gasteiger partial charge in [0.1, 0.15) is 0 Å². The van der Waals surface area contributed by atoms with Crippen molar-refractivity contribution in [1.82, 2.24) is 14.3 Å². The van der Waals surface area contributed by atoms with Gasteiger partial charge in [0.05, 0.1) is 0 Å². The molecule has 0 amide bonds. The summed E-state index contributed by atoms with van der Waals surface area (Å²) in [7, 11) is -3.29. The van der Waals surface area contributed by atoms with Gasteiger partial charge in [-0.2, -0.15) is 17.4 Å². The fourth-order valence-electron chi connectivity index (χ4n) is 2.82. The van der Waals surface area contributed by atoms with Crippen LogP contribution < -0.4 is 10.0 Å². The van der Waals surface area contributed by atoms with Crippen molar-refractivity contribution in [3.8, 4) is 0 Å². The Balaban J connectivity index is 1.97. The predicted octanol–water partition coefficient (Wildman–Crippen LogP) is 0.551. The SMILES string of the molecule is C[C@@H]1CCCN(S(=O)(=O)N[C@H]2CCNC[C@H]2C)C1. The molecule has 18 heavy (non-hydrogen) atoms. The van der Waals surface area contributed by atoms with Crippen LogP contribution in [-0.4, -0.2) is 44.9 Å². The van der Waals surface area contributed by atoms with E-state index in [0.717, 1.165) is 32.4 Å². The minimum atomic E-state index is -3.29. The van der Waals surface area contributed by atoms with Crippen molar-refractivity contribution in [2.45, 2.75) is 39.2 Å². The van der Waals surface area contributed by atoms with E-state index < -0.39 is 10.2 Å². The van der Waals surface area contributed by atoms with Gasteiger partial charge in [-0.15, -0.1) is 0 Å². The molecule has 2 rings (SSSR count). The summed E-state index contributed by atoms with van der Waals surface area (Å²) in [6.45, 7) is 7.33. The first-order valence-corrected chi connectivity index (χ1v) is 8.41. The minimum Gasteiger partial charge on any atom is -0.316 e. The monoisotopic (exact) mass is 275 g/mol. The van der Waals surface area contributed by atoms with Gasteiger partial charge < -0.3 is 5.32 Å². The largest absolute Gasteiger partial charge is 0.316 e. The molecule has 2 aliphatic heterocycles. The van der Waals surface area contributed by atoms with Crippen LogP contribution in [0.1, 0.15) is 33.1 Å². The summed E-state index contributed by atoms with van der Waals surface area (Å²) in [5.41, 5.74) is 0. The van der Waals surface area contributed by atoms with Gasteiger partial charge in [0.25, 0.3) is 10.2 Å². The van der Waals surface area contributed by atoms with Crippen LogP contribution in [0.2, 0.25) is 0 Å². The van der Waals surface area contributed by atoms with E-state index in [0.29, 0.717) is 24.9 Å². The zero-order valence-electron chi connectivity index (χ0n) is 11.4. The molecule has 2 aliphatic rings. The van der Waals surface area contributed by atoms with Crippen LogP contribution in [0.3, 0.4) is 0 Å². The molecule has 0 spiro atoms. The summed E-state index contributed by atoms with van der Waals surface area (Å²) < 4.78 is 29.2. The van der Waals surface area contributed by atoms with Crippen LogP contribution >= 0.6 is 0 Å². The molecule has 0 aromatic carbocycles. The molecule has 2 saturated heterocycles. The summed E-state index contributed by atoms with van der Waals surface area (Å²) in [6, 6.07) is 0.0773. The van der Waals surface area contributed by atoms with E-state index in [1.54, 1.807) is 4.31 Å². The zero-order valence-corrected chi connectivity index (χ0v) is 12.2. The molecule has 0 aromatic heterocycles. The highest BCUT2D eigenvalue weighted by molar-refractivity contribution is 7.87. The fourth-order valence-corrected chi connectivity index (χ4v) is 4.52. The highest BCUT2D eigenvalue weighted by atomic mass is 32.2. The average Bonchev–Trinajstić information content (AvgIpc) is 2.32. The fraction of sp³-hybridized carbons (Fsp3) is 1.00. The maximum atomic E-state index is 12.3. The Hall–Kier alpha value is -0.170. The molecular formula is C12H25N3O2S. The number of piperidine rings is 2. The Bertz CT molecular complexity index is 372. The molecule has 0 aliphatic carbocycles. The number of hydrogen-bond acceptors (Lipinski definition) is 3. The first kappa shape index (κ1) is 14.2. The molecule has 0 radical (unpaired) electrons. The average molecular weight is 275 g/mol. The maximum Gasteiger partial charge on any atom is 0.279 e. The topological polar surface area (TPSA) is 61.4 Å².